The van der Waals surface area contributed by atoms with Crippen molar-refractivity contribution in [1.82, 2.24) is 4.98 Å². The fourth-order valence-electron chi connectivity index (χ4n) is 2.30. The van der Waals surface area contributed by atoms with E-state index in [-0.39, 0.29) is 0 Å². The molecule has 21 heavy (non-hydrogen) atoms. The molecule has 3 nitrogen and oxygen atoms in total. The van der Waals surface area contributed by atoms with Gasteiger partial charge in [0.25, 0.3) is 0 Å². The summed E-state index contributed by atoms with van der Waals surface area (Å²) in [4.78, 5) is 4.48. The molecule has 0 bridgehead atoms. The predicted molar refractivity (Wildman–Crippen MR) is 93.0 cm³/mol. The Morgan fingerprint density at radius 2 is 1.90 bits per heavy atom. The number of aromatic nitrogens is 1. The van der Waals surface area contributed by atoms with Crippen molar-refractivity contribution in [3.63, 3.8) is 0 Å². The van der Waals surface area contributed by atoms with Gasteiger partial charge in [-0.25, -0.2) is 0 Å². The van der Waals surface area contributed by atoms with Crippen LogP contribution in [0.2, 0.25) is 0 Å². The fourth-order valence-corrected chi connectivity index (χ4v) is 2.63. The minimum Gasteiger partial charge on any atom is -0.398 e. The number of nitrogen functional groups attached to an aromatic ring is 1. The second-order valence-corrected chi connectivity index (χ2v) is 5.84. The van der Waals surface area contributed by atoms with E-state index in [2.05, 4.69) is 57.4 Å². The summed E-state index contributed by atoms with van der Waals surface area (Å²) < 4.78 is 0.922. The van der Waals surface area contributed by atoms with E-state index in [1.165, 1.54) is 5.56 Å². The number of hydrogen-bond donors (Lipinski definition) is 2. The largest absolute Gasteiger partial charge is 0.398 e. The molecule has 2 aromatic carbocycles. The summed E-state index contributed by atoms with van der Waals surface area (Å²) >= 11 is 3.44. The van der Waals surface area contributed by atoms with Crippen molar-refractivity contribution in [3.8, 4) is 0 Å². The van der Waals surface area contributed by atoms with E-state index in [0.29, 0.717) is 0 Å². The number of nitrogens with one attached hydrogen (secondary N) is 1. The summed E-state index contributed by atoms with van der Waals surface area (Å²) in [6.45, 7) is 2.15. The zero-order valence-corrected chi connectivity index (χ0v) is 13.3. The summed E-state index contributed by atoms with van der Waals surface area (Å²) in [6.07, 6.45) is 2.83. The molecule has 0 spiro atoms. The summed E-state index contributed by atoms with van der Waals surface area (Å²) in [6, 6.07) is 14.3. The van der Waals surface area contributed by atoms with Crippen molar-refractivity contribution in [2.45, 2.75) is 13.3 Å². The molecule has 3 N–H and O–H groups in total. The normalized spacial score (nSPS) is 10.8. The molecule has 3 aromatic rings. The van der Waals surface area contributed by atoms with Crippen LogP contribution in [0.15, 0.2) is 53.1 Å². The van der Waals surface area contributed by atoms with Gasteiger partial charge in [0.2, 0.25) is 0 Å². The lowest BCUT2D eigenvalue weighted by atomic mass is 10.1. The number of nitrogens with two attached hydrogens (primary N) is 1. The van der Waals surface area contributed by atoms with E-state index in [9.17, 15) is 0 Å². The van der Waals surface area contributed by atoms with Gasteiger partial charge in [-0.05, 0) is 58.2 Å². The van der Waals surface area contributed by atoms with Crippen LogP contribution in [0.5, 0.6) is 0 Å². The number of hydrogen-bond acceptors (Lipinski definition) is 3. The molecule has 0 atom stereocenters. The van der Waals surface area contributed by atoms with Crippen LogP contribution in [0.25, 0.3) is 10.9 Å². The van der Waals surface area contributed by atoms with Crippen molar-refractivity contribution in [3.05, 3.63) is 58.7 Å². The van der Waals surface area contributed by atoms with Crippen LogP contribution >= 0.6 is 15.9 Å². The van der Waals surface area contributed by atoms with Crippen molar-refractivity contribution < 1.29 is 0 Å². The summed E-state index contributed by atoms with van der Waals surface area (Å²) in [5, 5.41) is 4.36. The molecule has 0 amide bonds. The highest BCUT2D eigenvalue weighted by molar-refractivity contribution is 9.10. The van der Waals surface area contributed by atoms with E-state index >= 15 is 0 Å². The van der Waals surface area contributed by atoms with Gasteiger partial charge in [-0.3, -0.25) is 4.98 Å². The summed E-state index contributed by atoms with van der Waals surface area (Å²) in [5.41, 5.74) is 11.0. The first-order valence-electron chi connectivity index (χ1n) is 6.87. The number of anilines is 3. The quantitative estimate of drug-likeness (QED) is 0.667. The Morgan fingerprint density at radius 3 is 2.62 bits per heavy atom. The van der Waals surface area contributed by atoms with Crippen molar-refractivity contribution in [1.29, 1.82) is 0 Å². The van der Waals surface area contributed by atoms with E-state index in [4.69, 9.17) is 5.73 Å². The van der Waals surface area contributed by atoms with Crippen LogP contribution in [-0.2, 0) is 6.42 Å². The number of pyridine rings is 1. The maximum absolute atomic E-state index is 6.04. The van der Waals surface area contributed by atoms with Gasteiger partial charge in [0.05, 0.1) is 11.2 Å². The predicted octanol–water partition coefficient (Wildman–Crippen LogP) is 4.89. The van der Waals surface area contributed by atoms with Crippen LogP contribution in [0.1, 0.15) is 12.5 Å². The fraction of sp³-hybridized carbons (Fsp3) is 0.118. The second-order valence-electron chi connectivity index (χ2n) is 4.93. The van der Waals surface area contributed by atoms with Crippen LogP contribution in [0.4, 0.5) is 17.1 Å². The van der Waals surface area contributed by atoms with Crippen molar-refractivity contribution >= 4 is 43.9 Å². The first-order valence-corrected chi connectivity index (χ1v) is 7.66. The molecule has 106 valence electrons. The molecule has 1 aromatic heterocycles. The molecule has 3 rings (SSSR count). The standard InChI is InChI=1S/C17H16BrN3/c1-2-11-3-5-13(6-4-11)21-16-8-7-15(19)14-9-12(18)10-20-17(14)16/h3-10,21H,2,19H2,1H3. The Hall–Kier alpha value is -2.07. The Bertz CT molecular complexity index is 782. The molecule has 0 aliphatic rings. The number of aryl methyl sites for hydroxylation is 1. The first kappa shape index (κ1) is 13.9. The Labute approximate surface area is 132 Å². The second kappa shape index (κ2) is 5.74. The molecule has 4 heteroatoms. The number of rotatable bonds is 3. The third-order valence-electron chi connectivity index (χ3n) is 3.49. The average Bonchev–Trinajstić information content (AvgIpc) is 2.51. The lowest BCUT2D eigenvalue weighted by Crippen LogP contribution is -1.96. The Balaban J connectivity index is 2.02. The molecule has 0 fully saturated rings. The highest BCUT2D eigenvalue weighted by atomic mass is 79.9. The lowest BCUT2D eigenvalue weighted by molar-refractivity contribution is 1.14. The van der Waals surface area contributed by atoms with Gasteiger partial charge in [-0.15, -0.1) is 0 Å². The molecule has 1 heterocycles. The maximum atomic E-state index is 6.04. The lowest BCUT2D eigenvalue weighted by Gasteiger charge is -2.11. The van der Waals surface area contributed by atoms with Gasteiger partial charge in [-0.2, -0.15) is 0 Å². The average molecular weight is 342 g/mol. The van der Waals surface area contributed by atoms with Gasteiger partial charge >= 0.3 is 0 Å². The number of fused-ring (bicyclic) bond motifs is 1. The first-order chi connectivity index (χ1) is 10.2. The van der Waals surface area contributed by atoms with Crippen LogP contribution in [0.3, 0.4) is 0 Å². The monoisotopic (exact) mass is 341 g/mol. The molecule has 0 aliphatic heterocycles. The van der Waals surface area contributed by atoms with Gasteiger partial charge in [-0.1, -0.05) is 19.1 Å². The highest BCUT2D eigenvalue weighted by Gasteiger charge is 2.06. The zero-order valence-electron chi connectivity index (χ0n) is 11.7. The van der Waals surface area contributed by atoms with Crippen LogP contribution in [-0.4, -0.2) is 4.98 Å². The van der Waals surface area contributed by atoms with Crippen LogP contribution < -0.4 is 11.1 Å². The number of nitrogens with zero attached hydrogens (tertiary/aromatic N) is 1. The zero-order chi connectivity index (χ0) is 14.8. The minimum absolute atomic E-state index is 0.727. The third-order valence-corrected chi connectivity index (χ3v) is 3.92. The highest BCUT2D eigenvalue weighted by Crippen LogP contribution is 2.30. The van der Waals surface area contributed by atoms with Gasteiger partial charge in [0, 0.05) is 27.4 Å². The molecular formula is C17H16BrN3. The molecule has 0 saturated heterocycles. The van der Waals surface area contributed by atoms with E-state index in [1.807, 2.05) is 18.2 Å². The molecule has 0 radical (unpaired) electrons. The van der Waals surface area contributed by atoms with Crippen molar-refractivity contribution in [2.24, 2.45) is 0 Å². The van der Waals surface area contributed by atoms with Gasteiger partial charge in [0.15, 0.2) is 0 Å². The van der Waals surface area contributed by atoms with Crippen LogP contribution in [0, 0.1) is 0 Å². The summed E-state index contributed by atoms with van der Waals surface area (Å²) in [7, 11) is 0. The molecular weight excluding hydrogens is 326 g/mol. The van der Waals surface area contributed by atoms with E-state index < -0.39 is 0 Å². The molecule has 0 unspecified atom stereocenters. The van der Waals surface area contributed by atoms with Crippen molar-refractivity contribution in [2.75, 3.05) is 11.1 Å². The Morgan fingerprint density at radius 1 is 1.14 bits per heavy atom. The number of benzene rings is 2. The third kappa shape index (κ3) is 2.85. The summed E-state index contributed by atoms with van der Waals surface area (Å²) in [5.74, 6) is 0. The topological polar surface area (TPSA) is 50.9 Å². The molecule has 0 aliphatic carbocycles. The maximum Gasteiger partial charge on any atom is 0.0958 e. The SMILES string of the molecule is CCc1ccc(Nc2ccc(N)c3cc(Br)cnc23)cc1. The smallest absolute Gasteiger partial charge is 0.0958 e. The van der Waals surface area contributed by atoms with Gasteiger partial charge < -0.3 is 11.1 Å². The number of halogens is 1. The minimum atomic E-state index is 0.727. The Kier molecular flexibility index (Phi) is 3.80. The van der Waals surface area contributed by atoms with Gasteiger partial charge in [0.1, 0.15) is 0 Å². The van der Waals surface area contributed by atoms with E-state index in [1.54, 1.807) is 6.20 Å². The molecule has 0 saturated carbocycles. The van der Waals surface area contributed by atoms with E-state index in [0.717, 1.165) is 38.9 Å².